The molecule has 1 heterocycles. The maximum atomic E-state index is 13.4. The van der Waals surface area contributed by atoms with Crippen molar-refractivity contribution >= 4 is 33.9 Å². The van der Waals surface area contributed by atoms with Crippen molar-refractivity contribution in [1.82, 2.24) is 0 Å². The number of aryl methyl sites for hydroxylation is 1. The van der Waals surface area contributed by atoms with Crippen LogP contribution in [0.5, 0.6) is 5.75 Å². The summed E-state index contributed by atoms with van der Waals surface area (Å²) in [5.74, 6) is -0.919. The quantitative estimate of drug-likeness (QED) is 0.244. The highest BCUT2D eigenvalue weighted by atomic mass is 16.5. The number of methoxy groups -OCH3 is 1. The SMILES string of the molecule is COc1ccc(C2/C(=C(/O)c3cccc4ccccc34)C(=O)C(=O)N2c2cccc(C)c2)cc1. The van der Waals surface area contributed by atoms with Gasteiger partial charge in [0.25, 0.3) is 11.7 Å². The van der Waals surface area contributed by atoms with Crippen molar-refractivity contribution in [3.05, 3.63) is 113 Å². The van der Waals surface area contributed by atoms with Crippen LogP contribution in [-0.2, 0) is 9.59 Å². The second kappa shape index (κ2) is 8.52. The minimum absolute atomic E-state index is 0.0630. The Kier molecular flexibility index (Phi) is 5.38. The van der Waals surface area contributed by atoms with Crippen LogP contribution in [0.4, 0.5) is 5.69 Å². The molecule has 34 heavy (non-hydrogen) atoms. The van der Waals surface area contributed by atoms with E-state index in [2.05, 4.69) is 0 Å². The van der Waals surface area contributed by atoms with Gasteiger partial charge in [-0.3, -0.25) is 14.5 Å². The average molecular weight is 450 g/mol. The molecule has 1 atom stereocenters. The zero-order valence-corrected chi connectivity index (χ0v) is 18.9. The first-order valence-electron chi connectivity index (χ1n) is 11.0. The standard InChI is InChI=1S/C29H23NO4/c1-18-7-5-10-21(17-18)30-26(20-13-15-22(34-2)16-14-20)25(28(32)29(30)33)27(31)24-12-6-9-19-8-3-4-11-23(19)24/h3-17,26,31H,1-2H3/b27-25-. The number of aliphatic hydroxyl groups is 1. The molecule has 5 heteroatoms. The van der Waals surface area contributed by atoms with Crippen LogP contribution in [0, 0.1) is 6.92 Å². The number of rotatable bonds is 4. The van der Waals surface area contributed by atoms with Crippen LogP contribution in [0.25, 0.3) is 16.5 Å². The van der Waals surface area contributed by atoms with E-state index < -0.39 is 17.7 Å². The van der Waals surface area contributed by atoms with Gasteiger partial charge >= 0.3 is 0 Å². The van der Waals surface area contributed by atoms with Crippen LogP contribution in [0.1, 0.15) is 22.7 Å². The van der Waals surface area contributed by atoms with Crippen LogP contribution in [0.2, 0.25) is 0 Å². The van der Waals surface area contributed by atoms with Crippen molar-refractivity contribution in [3.8, 4) is 5.75 Å². The number of fused-ring (bicyclic) bond motifs is 1. The Balaban J connectivity index is 1.77. The Morgan fingerprint density at radius 3 is 2.32 bits per heavy atom. The van der Waals surface area contributed by atoms with Crippen molar-refractivity contribution in [3.63, 3.8) is 0 Å². The van der Waals surface area contributed by atoms with E-state index in [0.717, 1.165) is 16.3 Å². The van der Waals surface area contributed by atoms with Crippen molar-refractivity contribution in [2.24, 2.45) is 0 Å². The van der Waals surface area contributed by atoms with E-state index in [0.29, 0.717) is 22.6 Å². The molecule has 1 saturated heterocycles. The second-order valence-electron chi connectivity index (χ2n) is 8.31. The van der Waals surface area contributed by atoms with Crippen LogP contribution in [0.15, 0.2) is 96.6 Å². The number of Topliss-reactive ketones (excluding diaryl/α,β-unsaturated/α-hetero) is 1. The molecule has 4 aromatic carbocycles. The summed E-state index contributed by atoms with van der Waals surface area (Å²) < 4.78 is 5.28. The van der Waals surface area contributed by atoms with E-state index in [1.807, 2.05) is 73.7 Å². The van der Waals surface area contributed by atoms with Gasteiger partial charge in [0.2, 0.25) is 0 Å². The third-order valence-corrected chi connectivity index (χ3v) is 6.20. The largest absolute Gasteiger partial charge is 0.507 e. The molecule has 1 aliphatic rings. The lowest BCUT2D eigenvalue weighted by molar-refractivity contribution is -0.132. The molecule has 168 valence electrons. The summed E-state index contributed by atoms with van der Waals surface area (Å²) in [5, 5.41) is 13.2. The molecule has 4 aromatic rings. The lowest BCUT2D eigenvalue weighted by Gasteiger charge is -2.26. The minimum atomic E-state index is -0.785. The maximum absolute atomic E-state index is 13.4. The number of hydrogen-bond acceptors (Lipinski definition) is 4. The molecule has 5 nitrogen and oxygen atoms in total. The highest BCUT2D eigenvalue weighted by Gasteiger charge is 2.47. The first kappa shape index (κ1) is 21.5. The zero-order chi connectivity index (χ0) is 23.8. The Morgan fingerprint density at radius 2 is 1.59 bits per heavy atom. The van der Waals surface area contributed by atoms with Crippen LogP contribution in [-0.4, -0.2) is 23.9 Å². The Hall–Kier alpha value is -4.38. The molecule has 1 fully saturated rings. The van der Waals surface area contributed by atoms with E-state index >= 15 is 0 Å². The summed E-state index contributed by atoms with van der Waals surface area (Å²) in [6.07, 6.45) is 0. The fraction of sp³-hybridized carbons (Fsp3) is 0.103. The smallest absolute Gasteiger partial charge is 0.300 e. The number of aliphatic hydroxyl groups excluding tert-OH is 1. The predicted octanol–water partition coefficient (Wildman–Crippen LogP) is 5.78. The van der Waals surface area contributed by atoms with E-state index in [-0.39, 0.29) is 11.3 Å². The molecule has 0 spiro atoms. The summed E-state index contributed by atoms with van der Waals surface area (Å²) in [6, 6.07) is 27.0. The van der Waals surface area contributed by atoms with E-state index in [1.165, 1.54) is 4.90 Å². The van der Waals surface area contributed by atoms with E-state index in [9.17, 15) is 14.7 Å². The second-order valence-corrected chi connectivity index (χ2v) is 8.31. The van der Waals surface area contributed by atoms with Gasteiger partial charge in [-0.2, -0.15) is 0 Å². The molecular weight excluding hydrogens is 426 g/mol. The Labute approximate surface area is 197 Å². The van der Waals surface area contributed by atoms with Crippen LogP contribution in [0.3, 0.4) is 0 Å². The van der Waals surface area contributed by atoms with Gasteiger partial charge in [0.15, 0.2) is 0 Å². The zero-order valence-electron chi connectivity index (χ0n) is 18.9. The monoisotopic (exact) mass is 449 g/mol. The van der Waals surface area contributed by atoms with Crippen molar-refractivity contribution in [2.45, 2.75) is 13.0 Å². The number of ketones is 1. The summed E-state index contributed by atoms with van der Waals surface area (Å²) in [6.45, 7) is 1.93. The molecular formula is C29H23NO4. The van der Waals surface area contributed by atoms with E-state index in [1.54, 1.807) is 31.4 Å². The average Bonchev–Trinajstić information content (AvgIpc) is 3.13. The lowest BCUT2D eigenvalue weighted by Crippen LogP contribution is -2.29. The highest BCUT2D eigenvalue weighted by Crippen LogP contribution is 2.43. The maximum Gasteiger partial charge on any atom is 0.300 e. The summed E-state index contributed by atoms with van der Waals surface area (Å²) in [7, 11) is 1.58. The minimum Gasteiger partial charge on any atom is -0.507 e. The number of carbonyl (C=O) groups excluding carboxylic acids is 2. The summed E-state index contributed by atoms with van der Waals surface area (Å²) in [4.78, 5) is 28.2. The third-order valence-electron chi connectivity index (χ3n) is 6.20. The Bertz CT molecular complexity index is 1450. The first-order chi connectivity index (χ1) is 16.5. The predicted molar refractivity (Wildman–Crippen MR) is 133 cm³/mol. The van der Waals surface area contributed by atoms with Gasteiger partial charge in [-0.05, 0) is 53.1 Å². The van der Waals surface area contributed by atoms with E-state index in [4.69, 9.17) is 4.74 Å². The van der Waals surface area contributed by atoms with Crippen LogP contribution < -0.4 is 9.64 Å². The van der Waals surface area contributed by atoms with Gasteiger partial charge in [0.1, 0.15) is 11.5 Å². The lowest BCUT2D eigenvalue weighted by atomic mass is 9.93. The van der Waals surface area contributed by atoms with Gasteiger partial charge in [-0.1, -0.05) is 66.7 Å². The number of anilines is 1. The third kappa shape index (κ3) is 3.52. The topological polar surface area (TPSA) is 66.8 Å². The van der Waals surface area contributed by atoms with Crippen molar-refractivity contribution in [1.29, 1.82) is 0 Å². The molecule has 0 radical (unpaired) electrons. The highest BCUT2D eigenvalue weighted by molar-refractivity contribution is 6.51. The van der Waals surface area contributed by atoms with Gasteiger partial charge < -0.3 is 9.84 Å². The number of carbonyl (C=O) groups is 2. The fourth-order valence-electron chi connectivity index (χ4n) is 4.56. The first-order valence-corrected chi connectivity index (χ1v) is 11.0. The van der Waals surface area contributed by atoms with Gasteiger partial charge in [0, 0.05) is 11.3 Å². The molecule has 1 N–H and O–H groups in total. The van der Waals surface area contributed by atoms with Crippen LogP contribution >= 0.6 is 0 Å². The number of benzene rings is 4. The number of amides is 1. The molecule has 1 unspecified atom stereocenters. The summed E-state index contributed by atoms with van der Waals surface area (Å²) >= 11 is 0. The van der Waals surface area contributed by atoms with Crippen molar-refractivity contribution < 1.29 is 19.4 Å². The number of hydrogen-bond donors (Lipinski definition) is 1. The molecule has 0 aromatic heterocycles. The summed E-state index contributed by atoms with van der Waals surface area (Å²) in [5.41, 5.74) is 2.83. The molecule has 1 amide bonds. The Morgan fingerprint density at radius 1 is 0.882 bits per heavy atom. The normalized spacial score (nSPS) is 17.4. The molecule has 0 saturated carbocycles. The molecule has 5 rings (SSSR count). The molecule has 0 aliphatic carbocycles. The van der Waals surface area contributed by atoms with Gasteiger partial charge in [0.05, 0.1) is 18.7 Å². The van der Waals surface area contributed by atoms with Crippen molar-refractivity contribution in [2.75, 3.05) is 12.0 Å². The molecule has 1 aliphatic heterocycles. The van der Waals surface area contributed by atoms with Gasteiger partial charge in [-0.15, -0.1) is 0 Å². The molecule has 0 bridgehead atoms. The van der Waals surface area contributed by atoms with Gasteiger partial charge in [-0.25, -0.2) is 0 Å². The number of ether oxygens (including phenoxy) is 1. The fourth-order valence-corrected chi connectivity index (χ4v) is 4.56. The number of nitrogens with zero attached hydrogens (tertiary/aromatic N) is 1.